The summed E-state index contributed by atoms with van der Waals surface area (Å²) in [6.45, 7) is 0. The number of nitriles is 1. The molecule has 0 fully saturated rings. The van der Waals surface area contributed by atoms with Crippen LogP contribution in [-0.4, -0.2) is 0 Å². The molecule has 1 heterocycles. The molecule has 0 radical (unpaired) electrons. The normalized spacial score (nSPS) is 14.2. The van der Waals surface area contributed by atoms with Crippen LogP contribution in [0.4, 0.5) is 5.82 Å². The van der Waals surface area contributed by atoms with Gasteiger partial charge in [-0.25, -0.2) is 4.98 Å². The highest BCUT2D eigenvalue weighted by Gasteiger charge is 2.23. The first-order valence-electron chi connectivity index (χ1n) is 7.13. The molecular formula is C17H18N3+. The average Bonchev–Trinajstić information content (AvgIpc) is 2.71. The maximum Gasteiger partial charge on any atom is 0.289 e. The zero-order valence-corrected chi connectivity index (χ0v) is 11.4. The number of benzene rings is 1. The minimum absolute atomic E-state index is 0.493. The third-order valence-electron chi connectivity index (χ3n) is 4.00. The minimum Gasteiger partial charge on any atom is -0.286 e. The minimum atomic E-state index is 0.493. The fourth-order valence-electron chi connectivity index (χ4n) is 3.05. The zero-order valence-electron chi connectivity index (χ0n) is 11.4. The van der Waals surface area contributed by atoms with Crippen molar-refractivity contribution in [3.63, 3.8) is 0 Å². The van der Waals surface area contributed by atoms with Crippen molar-refractivity contribution in [1.82, 2.24) is 0 Å². The topological polar surface area (TPSA) is 64.0 Å². The van der Waals surface area contributed by atoms with Gasteiger partial charge in [-0.2, -0.15) is 5.26 Å². The Kier molecular flexibility index (Phi) is 3.39. The summed E-state index contributed by atoms with van der Waals surface area (Å²) >= 11 is 0. The van der Waals surface area contributed by atoms with Crippen LogP contribution in [0.15, 0.2) is 30.3 Å². The number of rotatable bonds is 1. The molecule has 0 saturated heterocycles. The first-order valence-corrected chi connectivity index (χ1v) is 7.13. The molecule has 3 heteroatoms. The Balaban J connectivity index is 2.30. The van der Waals surface area contributed by atoms with Crippen molar-refractivity contribution < 1.29 is 4.98 Å². The second-order valence-corrected chi connectivity index (χ2v) is 5.28. The Bertz CT molecular complexity index is 669. The van der Waals surface area contributed by atoms with Gasteiger partial charge in [-0.1, -0.05) is 36.8 Å². The molecule has 0 bridgehead atoms. The van der Waals surface area contributed by atoms with E-state index in [-0.39, 0.29) is 0 Å². The number of aromatic amines is 1. The van der Waals surface area contributed by atoms with Crippen molar-refractivity contribution in [1.29, 1.82) is 5.26 Å². The molecule has 1 aliphatic rings. The molecule has 100 valence electrons. The van der Waals surface area contributed by atoms with E-state index in [1.165, 1.54) is 30.5 Å². The van der Waals surface area contributed by atoms with Crippen LogP contribution >= 0.6 is 0 Å². The Labute approximate surface area is 119 Å². The monoisotopic (exact) mass is 264 g/mol. The summed E-state index contributed by atoms with van der Waals surface area (Å²) in [6, 6.07) is 12.4. The Morgan fingerprint density at radius 1 is 1.05 bits per heavy atom. The van der Waals surface area contributed by atoms with Crippen molar-refractivity contribution >= 4 is 5.82 Å². The molecule has 1 aromatic heterocycles. The molecule has 0 aliphatic heterocycles. The van der Waals surface area contributed by atoms with E-state index in [4.69, 9.17) is 5.73 Å². The highest BCUT2D eigenvalue weighted by molar-refractivity contribution is 5.77. The van der Waals surface area contributed by atoms with E-state index in [0.717, 1.165) is 24.0 Å². The first kappa shape index (κ1) is 12.7. The molecule has 0 atom stereocenters. The number of H-pyrrole nitrogens is 1. The van der Waals surface area contributed by atoms with Crippen LogP contribution in [0.1, 0.15) is 36.1 Å². The second kappa shape index (κ2) is 5.34. The van der Waals surface area contributed by atoms with E-state index in [9.17, 15) is 5.26 Å². The van der Waals surface area contributed by atoms with Gasteiger partial charge in [0.15, 0.2) is 0 Å². The Morgan fingerprint density at radius 3 is 2.55 bits per heavy atom. The molecule has 0 spiro atoms. The maximum atomic E-state index is 9.48. The number of anilines is 1. The van der Waals surface area contributed by atoms with E-state index >= 15 is 0 Å². The summed E-state index contributed by atoms with van der Waals surface area (Å²) in [5, 5.41) is 9.48. The van der Waals surface area contributed by atoms with E-state index < -0.39 is 0 Å². The summed E-state index contributed by atoms with van der Waals surface area (Å²) in [5.74, 6) is 0.493. The van der Waals surface area contributed by atoms with Crippen molar-refractivity contribution in [3.05, 3.63) is 47.2 Å². The predicted octanol–water partition coefficient (Wildman–Crippen LogP) is 2.89. The van der Waals surface area contributed by atoms with Gasteiger partial charge in [-0.05, 0) is 24.8 Å². The zero-order chi connectivity index (χ0) is 13.9. The maximum absolute atomic E-state index is 9.48. The number of hydrogen-bond donors (Lipinski definition) is 1. The van der Waals surface area contributed by atoms with Crippen molar-refractivity contribution in [2.45, 2.75) is 32.1 Å². The van der Waals surface area contributed by atoms with Gasteiger partial charge in [0.05, 0.1) is 0 Å². The van der Waals surface area contributed by atoms with Crippen LogP contribution in [0, 0.1) is 11.3 Å². The molecule has 3 rings (SSSR count). The van der Waals surface area contributed by atoms with E-state index in [2.05, 4.69) is 23.2 Å². The lowest BCUT2D eigenvalue weighted by molar-refractivity contribution is -0.373. The first-order chi connectivity index (χ1) is 9.81. The number of aromatic nitrogens is 1. The number of fused-ring (bicyclic) bond motifs is 1. The van der Waals surface area contributed by atoms with Gasteiger partial charge in [0.1, 0.15) is 17.3 Å². The highest BCUT2D eigenvalue weighted by atomic mass is 14.9. The number of aryl methyl sites for hydroxylation is 1. The summed E-state index contributed by atoms with van der Waals surface area (Å²) < 4.78 is 0. The molecule has 2 aromatic rings. The van der Waals surface area contributed by atoms with Crippen LogP contribution < -0.4 is 10.7 Å². The van der Waals surface area contributed by atoms with Gasteiger partial charge in [0.25, 0.3) is 5.82 Å². The van der Waals surface area contributed by atoms with Gasteiger partial charge in [-0.3, -0.25) is 5.73 Å². The smallest absolute Gasteiger partial charge is 0.286 e. The summed E-state index contributed by atoms with van der Waals surface area (Å²) in [6.07, 6.45) is 5.63. The summed E-state index contributed by atoms with van der Waals surface area (Å²) in [4.78, 5) is 3.25. The molecule has 20 heavy (non-hydrogen) atoms. The number of pyridine rings is 1. The predicted molar refractivity (Wildman–Crippen MR) is 78.8 cm³/mol. The fraction of sp³-hybridized carbons (Fsp3) is 0.294. The van der Waals surface area contributed by atoms with Crippen LogP contribution in [0.3, 0.4) is 0 Å². The highest BCUT2D eigenvalue weighted by Crippen LogP contribution is 2.33. The number of nitrogens with two attached hydrogens (primary N) is 1. The lowest BCUT2D eigenvalue weighted by Crippen LogP contribution is -2.21. The van der Waals surface area contributed by atoms with E-state index in [0.29, 0.717) is 11.4 Å². The van der Waals surface area contributed by atoms with Crippen molar-refractivity contribution in [3.8, 4) is 17.2 Å². The van der Waals surface area contributed by atoms with E-state index in [1.807, 2.05) is 18.2 Å². The summed E-state index contributed by atoms with van der Waals surface area (Å²) in [7, 11) is 0. The van der Waals surface area contributed by atoms with Crippen LogP contribution in [0.5, 0.6) is 0 Å². The fourth-order valence-corrected chi connectivity index (χ4v) is 3.05. The molecule has 0 unspecified atom stereocenters. The lowest BCUT2D eigenvalue weighted by atomic mass is 9.92. The Hall–Kier alpha value is -2.34. The van der Waals surface area contributed by atoms with Crippen molar-refractivity contribution in [2.75, 3.05) is 5.73 Å². The molecule has 3 N–H and O–H groups in total. The second-order valence-electron chi connectivity index (χ2n) is 5.28. The SMILES string of the molecule is N#Cc1c(N)[nH+]c2c(c1-c1ccccc1)CCCCC2. The number of nitrogen functional groups attached to an aromatic ring is 1. The van der Waals surface area contributed by atoms with Crippen LogP contribution in [0.2, 0.25) is 0 Å². The third kappa shape index (κ3) is 2.14. The number of hydrogen-bond acceptors (Lipinski definition) is 2. The molecule has 1 aliphatic carbocycles. The number of nitrogens with zero attached hydrogens (tertiary/aromatic N) is 1. The van der Waals surface area contributed by atoms with E-state index in [1.54, 1.807) is 0 Å². The quantitative estimate of drug-likeness (QED) is 0.805. The summed E-state index contributed by atoms with van der Waals surface area (Å²) in [5.41, 5.74) is 11.2. The van der Waals surface area contributed by atoms with Crippen molar-refractivity contribution in [2.24, 2.45) is 0 Å². The number of nitrogens with one attached hydrogen (secondary N) is 1. The van der Waals surface area contributed by atoms with Gasteiger partial charge in [0, 0.05) is 17.5 Å². The third-order valence-corrected chi connectivity index (χ3v) is 4.00. The molecular weight excluding hydrogens is 246 g/mol. The van der Waals surface area contributed by atoms with Crippen LogP contribution in [-0.2, 0) is 12.8 Å². The molecule has 0 saturated carbocycles. The molecule has 3 nitrogen and oxygen atoms in total. The Morgan fingerprint density at radius 2 is 1.80 bits per heavy atom. The largest absolute Gasteiger partial charge is 0.289 e. The van der Waals surface area contributed by atoms with Gasteiger partial charge in [-0.15, -0.1) is 0 Å². The molecule has 1 aromatic carbocycles. The lowest BCUT2D eigenvalue weighted by Gasteiger charge is -2.13. The standard InChI is InChI=1S/C17H17N3/c18-11-14-16(12-7-3-1-4-8-12)13-9-5-2-6-10-15(13)20-17(14)19/h1,3-4,7-8H,2,5-6,9-10H2,(H2,19,20)/p+1. The van der Waals surface area contributed by atoms with Gasteiger partial charge < -0.3 is 0 Å². The average molecular weight is 264 g/mol. The molecule has 0 amide bonds. The van der Waals surface area contributed by atoms with Gasteiger partial charge >= 0.3 is 0 Å². The van der Waals surface area contributed by atoms with Gasteiger partial charge in [0.2, 0.25) is 0 Å². The van der Waals surface area contributed by atoms with Crippen LogP contribution in [0.25, 0.3) is 11.1 Å².